The van der Waals surface area contributed by atoms with Crippen LogP contribution in [0.2, 0.25) is 0 Å². The third-order valence-electron chi connectivity index (χ3n) is 6.29. The highest BCUT2D eigenvalue weighted by Crippen LogP contribution is 2.37. The van der Waals surface area contributed by atoms with Crippen LogP contribution in [0.3, 0.4) is 0 Å². The van der Waals surface area contributed by atoms with Gasteiger partial charge in [-0.3, -0.25) is 9.59 Å². The Balaban J connectivity index is 1.38. The van der Waals surface area contributed by atoms with E-state index in [0.29, 0.717) is 19.0 Å². The predicted molar refractivity (Wildman–Crippen MR) is 94.7 cm³/mol. The normalized spacial score (nSPS) is 30.1. The van der Waals surface area contributed by atoms with Gasteiger partial charge in [-0.05, 0) is 39.0 Å². The van der Waals surface area contributed by atoms with Crippen LogP contribution in [0, 0.1) is 11.8 Å². The first-order valence-corrected chi connectivity index (χ1v) is 9.71. The van der Waals surface area contributed by atoms with Crippen LogP contribution >= 0.6 is 0 Å². The number of ether oxygens (including phenoxy) is 1. The molecule has 154 valence electrons. The monoisotopic (exact) mass is 397 g/mol. The molecular weight excluding hydrogens is 372 g/mol. The van der Waals surface area contributed by atoms with E-state index in [4.69, 9.17) is 4.74 Å². The van der Waals surface area contributed by atoms with Crippen molar-refractivity contribution in [1.29, 1.82) is 0 Å². The summed E-state index contributed by atoms with van der Waals surface area (Å²) in [5.41, 5.74) is -0.787. The zero-order valence-corrected chi connectivity index (χ0v) is 16.0. The van der Waals surface area contributed by atoms with Gasteiger partial charge in [0, 0.05) is 19.1 Å². The molecule has 1 N–H and O–H groups in total. The lowest BCUT2D eigenvalue weighted by Crippen LogP contribution is -2.49. The van der Waals surface area contributed by atoms with Crippen LogP contribution in [0.4, 0.5) is 14.7 Å². The lowest BCUT2D eigenvalue weighted by molar-refractivity contribution is -0.149. The van der Waals surface area contributed by atoms with Crippen molar-refractivity contribution in [3.63, 3.8) is 0 Å². The van der Waals surface area contributed by atoms with Gasteiger partial charge in [0.05, 0.1) is 12.3 Å². The number of nitrogens with zero attached hydrogens (tertiary/aromatic N) is 4. The van der Waals surface area contributed by atoms with Crippen LogP contribution in [0.25, 0.3) is 0 Å². The molecule has 8 nitrogen and oxygen atoms in total. The zero-order valence-electron chi connectivity index (χ0n) is 16.0. The molecule has 0 saturated carbocycles. The number of halogens is 2. The van der Waals surface area contributed by atoms with Gasteiger partial charge >= 0.3 is 5.97 Å². The first-order valence-electron chi connectivity index (χ1n) is 9.71. The number of piperidine rings is 1. The first kappa shape index (κ1) is 19.1. The molecule has 28 heavy (non-hydrogen) atoms. The van der Waals surface area contributed by atoms with Crippen LogP contribution in [-0.2, 0) is 14.3 Å². The van der Waals surface area contributed by atoms with Crippen LogP contribution in [0.15, 0.2) is 6.33 Å². The molecule has 0 aliphatic carbocycles. The maximum Gasteiger partial charge on any atom is 0.307 e. The molecule has 4 rings (SSSR count). The van der Waals surface area contributed by atoms with E-state index in [1.807, 2.05) is 0 Å². The summed E-state index contributed by atoms with van der Waals surface area (Å²) in [6.07, 6.45) is 0.611. The van der Waals surface area contributed by atoms with Gasteiger partial charge in [0.25, 0.3) is 6.43 Å². The number of esters is 1. The van der Waals surface area contributed by atoms with E-state index < -0.39 is 24.0 Å². The average Bonchev–Trinajstić information content (AvgIpc) is 3.23. The largest absolute Gasteiger partial charge is 0.459 e. The third-order valence-corrected chi connectivity index (χ3v) is 6.29. The molecule has 0 spiro atoms. The molecule has 0 bridgehead atoms. The lowest BCUT2D eigenvalue weighted by Gasteiger charge is -2.41. The van der Waals surface area contributed by atoms with Crippen molar-refractivity contribution in [1.82, 2.24) is 19.7 Å². The highest BCUT2D eigenvalue weighted by molar-refractivity contribution is 5.87. The fourth-order valence-electron chi connectivity index (χ4n) is 4.65. The number of aromatic nitrogens is 3. The van der Waals surface area contributed by atoms with E-state index in [1.54, 1.807) is 18.7 Å². The molecule has 2 fully saturated rings. The minimum Gasteiger partial charge on any atom is -0.459 e. The number of nitrogens with one attached hydrogen (secondary N) is 1. The number of fused-ring (bicyclic) bond motifs is 1. The Morgan fingerprint density at radius 2 is 2.07 bits per heavy atom. The predicted octanol–water partition coefficient (Wildman–Crippen LogP) is 1.85. The second-order valence-electron chi connectivity index (χ2n) is 8.41. The van der Waals surface area contributed by atoms with Gasteiger partial charge in [-0.1, -0.05) is 0 Å². The number of cyclic esters (lactones) is 1. The van der Waals surface area contributed by atoms with Gasteiger partial charge in [-0.2, -0.15) is 10.1 Å². The molecule has 0 aromatic carbocycles. The Labute approximate surface area is 161 Å². The smallest absolute Gasteiger partial charge is 0.307 e. The second kappa shape index (κ2) is 6.97. The van der Waals surface area contributed by atoms with E-state index in [0.717, 1.165) is 12.8 Å². The Morgan fingerprint density at radius 1 is 1.36 bits per heavy atom. The summed E-state index contributed by atoms with van der Waals surface area (Å²) >= 11 is 0. The van der Waals surface area contributed by atoms with E-state index in [2.05, 4.69) is 15.4 Å². The number of amides is 1. The Kier molecular flexibility index (Phi) is 4.75. The summed E-state index contributed by atoms with van der Waals surface area (Å²) in [4.78, 5) is 30.3. The summed E-state index contributed by atoms with van der Waals surface area (Å²) in [6.45, 7) is 4.63. The van der Waals surface area contributed by atoms with Crippen molar-refractivity contribution in [2.75, 3.05) is 18.4 Å². The number of hydrogen-bond acceptors (Lipinski definition) is 6. The van der Waals surface area contributed by atoms with E-state index in [9.17, 15) is 18.4 Å². The summed E-state index contributed by atoms with van der Waals surface area (Å²) in [5, 5.41) is 7.15. The molecule has 1 unspecified atom stereocenters. The standard InChI is InChI=1S/C18H25F2N5O3/c1-18(2)11(7-14(26)28-18)16(27)24-5-3-10(4-6-24)12-8-13(15(19)20)25-17(23-12)21-9-22-25/h9-13,15H,3-8H2,1-2H3,(H,21,22,23)/t11?,12-,13+/m0/s1. The van der Waals surface area contributed by atoms with Crippen molar-refractivity contribution in [2.24, 2.45) is 11.8 Å². The van der Waals surface area contributed by atoms with E-state index >= 15 is 0 Å². The quantitative estimate of drug-likeness (QED) is 0.783. The van der Waals surface area contributed by atoms with Crippen LogP contribution < -0.4 is 5.32 Å². The van der Waals surface area contributed by atoms with E-state index in [1.165, 1.54) is 11.0 Å². The third kappa shape index (κ3) is 3.33. The maximum atomic E-state index is 13.5. The Morgan fingerprint density at radius 3 is 2.68 bits per heavy atom. The van der Waals surface area contributed by atoms with Gasteiger partial charge < -0.3 is 15.0 Å². The molecule has 10 heteroatoms. The maximum absolute atomic E-state index is 13.5. The summed E-state index contributed by atoms with van der Waals surface area (Å²) in [5.74, 6) is -0.317. The number of rotatable bonds is 3. The number of carbonyl (C=O) groups excluding carboxylic acids is 2. The van der Waals surface area contributed by atoms with Gasteiger partial charge in [0.15, 0.2) is 0 Å². The lowest BCUT2D eigenvalue weighted by atomic mass is 9.83. The second-order valence-corrected chi connectivity index (χ2v) is 8.41. The number of hydrogen-bond donors (Lipinski definition) is 1. The average molecular weight is 397 g/mol. The summed E-state index contributed by atoms with van der Waals surface area (Å²) in [6, 6.07) is -1.10. The molecule has 2 saturated heterocycles. The Bertz CT molecular complexity index is 760. The molecule has 3 aliphatic rings. The van der Waals surface area contributed by atoms with Crippen molar-refractivity contribution < 1.29 is 23.1 Å². The number of likely N-dealkylation sites (tertiary alicyclic amines) is 1. The van der Waals surface area contributed by atoms with Gasteiger partial charge in [0.1, 0.15) is 18.0 Å². The van der Waals surface area contributed by atoms with E-state index in [-0.39, 0.29) is 36.7 Å². The summed E-state index contributed by atoms with van der Waals surface area (Å²) in [7, 11) is 0. The van der Waals surface area contributed by atoms with Crippen LogP contribution in [-0.4, -0.2) is 62.7 Å². The SMILES string of the molecule is CC1(C)OC(=O)CC1C(=O)N1CCC([C@@H]2C[C@H](C(F)F)n3ncnc3N2)CC1. The molecular formula is C18H25F2N5O3. The summed E-state index contributed by atoms with van der Waals surface area (Å²) < 4.78 is 33.4. The fraction of sp³-hybridized carbons (Fsp3) is 0.778. The molecule has 1 aromatic heterocycles. The minimum absolute atomic E-state index is 0.0592. The number of alkyl halides is 2. The molecule has 3 aliphatic heterocycles. The zero-order chi connectivity index (χ0) is 20.1. The molecule has 3 atom stereocenters. The molecule has 4 heterocycles. The molecule has 1 aromatic rings. The molecule has 1 amide bonds. The highest BCUT2D eigenvalue weighted by Gasteiger charge is 2.48. The Hall–Kier alpha value is -2.26. The van der Waals surface area contributed by atoms with Gasteiger partial charge in [0.2, 0.25) is 11.9 Å². The highest BCUT2D eigenvalue weighted by atomic mass is 19.3. The van der Waals surface area contributed by atoms with Crippen LogP contribution in [0.5, 0.6) is 0 Å². The van der Waals surface area contributed by atoms with Crippen molar-refractivity contribution in [2.45, 2.75) is 63.6 Å². The van der Waals surface area contributed by atoms with Crippen molar-refractivity contribution in [3.05, 3.63) is 6.33 Å². The van der Waals surface area contributed by atoms with Gasteiger partial charge in [-0.25, -0.2) is 13.5 Å². The molecule has 0 radical (unpaired) electrons. The van der Waals surface area contributed by atoms with Crippen LogP contribution in [0.1, 0.15) is 45.6 Å². The number of carbonyl (C=O) groups is 2. The fourth-order valence-corrected chi connectivity index (χ4v) is 4.65. The van der Waals surface area contributed by atoms with Gasteiger partial charge in [-0.15, -0.1) is 0 Å². The minimum atomic E-state index is -2.51. The van der Waals surface area contributed by atoms with Crippen molar-refractivity contribution in [3.8, 4) is 0 Å². The topological polar surface area (TPSA) is 89.4 Å². The van der Waals surface area contributed by atoms with Crippen molar-refractivity contribution >= 4 is 17.8 Å². The first-order chi connectivity index (χ1) is 13.3. The number of anilines is 1.